The largest absolute Gasteiger partial charge is 0.376 e. The number of nitrogens with one attached hydrogen (secondary N) is 1. The Hall–Kier alpha value is -0.420. The number of hydrogen-bond acceptors (Lipinski definition) is 3. The number of rotatable bonds is 6. The van der Waals surface area contributed by atoms with Crippen molar-refractivity contribution in [3.63, 3.8) is 0 Å². The minimum absolute atomic E-state index is 0.0407. The topological polar surface area (TPSA) is 47.3 Å². The zero-order chi connectivity index (χ0) is 14.5. The van der Waals surface area contributed by atoms with Crippen LogP contribution >= 0.6 is 15.9 Å². The van der Waals surface area contributed by atoms with Gasteiger partial charge in [-0.3, -0.25) is 11.3 Å². The van der Waals surface area contributed by atoms with Gasteiger partial charge in [0, 0.05) is 11.1 Å². The van der Waals surface area contributed by atoms with Crippen molar-refractivity contribution in [2.24, 2.45) is 11.3 Å². The lowest BCUT2D eigenvalue weighted by Crippen LogP contribution is -2.52. The van der Waals surface area contributed by atoms with E-state index in [4.69, 9.17) is 10.6 Å². The van der Waals surface area contributed by atoms with E-state index >= 15 is 0 Å². The summed E-state index contributed by atoms with van der Waals surface area (Å²) in [7, 11) is 0. The van der Waals surface area contributed by atoms with E-state index < -0.39 is 0 Å². The molecule has 0 aromatic heterocycles. The van der Waals surface area contributed by atoms with Crippen molar-refractivity contribution in [1.29, 1.82) is 0 Å². The molecule has 3 N–H and O–H groups in total. The molecule has 0 saturated heterocycles. The summed E-state index contributed by atoms with van der Waals surface area (Å²) in [6.07, 6.45) is 0.916. The van der Waals surface area contributed by atoms with Crippen LogP contribution in [0, 0.1) is 5.41 Å². The van der Waals surface area contributed by atoms with Crippen LogP contribution in [0.4, 0.5) is 0 Å². The van der Waals surface area contributed by atoms with Gasteiger partial charge in [-0.05, 0) is 36.5 Å². The number of nitrogens with two attached hydrogens (primary N) is 1. The Morgan fingerprint density at radius 1 is 1.37 bits per heavy atom. The van der Waals surface area contributed by atoms with E-state index in [0.717, 1.165) is 10.9 Å². The normalized spacial score (nSPS) is 15.3. The summed E-state index contributed by atoms with van der Waals surface area (Å²) in [5.41, 5.74) is 4.20. The number of ether oxygens (including phenoxy) is 1. The van der Waals surface area contributed by atoms with Crippen LogP contribution in [-0.2, 0) is 11.2 Å². The Morgan fingerprint density at radius 2 is 2.05 bits per heavy atom. The summed E-state index contributed by atoms with van der Waals surface area (Å²) >= 11 is 3.50. The Kier molecular flexibility index (Phi) is 6.47. The molecular formula is C15H25BrN2O. The second kappa shape index (κ2) is 7.39. The predicted molar refractivity (Wildman–Crippen MR) is 83.8 cm³/mol. The number of halogens is 1. The summed E-state index contributed by atoms with van der Waals surface area (Å²) in [6, 6.07) is 8.39. The Labute approximate surface area is 125 Å². The van der Waals surface area contributed by atoms with E-state index in [1.807, 2.05) is 19.1 Å². The van der Waals surface area contributed by atoms with Crippen LogP contribution < -0.4 is 11.3 Å². The molecule has 0 aliphatic rings. The molecule has 0 spiro atoms. The van der Waals surface area contributed by atoms with Crippen molar-refractivity contribution in [2.45, 2.75) is 46.3 Å². The van der Waals surface area contributed by atoms with Gasteiger partial charge in [0.2, 0.25) is 0 Å². The van der Waals surface area contributed by atoms with Crippen molar-refractivity contribution in [2.75, 3.05) is 6.61 Å². The van der Waals surface area contributed by atoms with Gasteiger partial charge < -0.3 is 4.74 Å². The fourth-order valence-electron chi connectivity index (χ4n) is 2.32. The molecule has 0 heterocycles. The molecule has 3 nitrogen and oxygen atoms in total. The molecule has 2 unspecified atom stereocenters. The Morgan fingerprint density at radius 3 is 2.53 bits per heavy atom. The lowest BCUT2D eigenvalue weighted by atomic mass is 9.82. The average Bonchev–Trinajstić information content (AvgIpc) is 2.32. The molecule has 4 heteroatoms. The molecular weight excluding hydrogens is 304 g/mol. The maximum absolute atomic E-state index is 5.91. The van der Waals surface area contributed by atoms with Crippen LogP contribution in [0.2, 0.25) is 0 Å². The van der Waals surface area contributed by atoms with Crippen LogP contribution in [0.5, 0.6) is 0 Å². The first-order valence-corrected chi connectivity index (χ1v) is 7.50. The molecule has 0 bridgehead atoms. The predicted octanol–water partition coefficient (Wildman–Crippen LogP) is 3.27. The highest BCUT2D eigenvalue weighted by Crippen LogP contribution is 2.27. The number of hydrazine groups is 1. The first-order chi connectivity index (χ1) is 8.88. The van der Waals surface area contributed by atoms with Gasteiger partial charge in [0.1, 0.15) is 0 Å². The lowest BCUT2D eigenvalue weighted by Gasteiger charge is -2.36. The summed E-state index contributed by atoms with van der Waals surface area (Å²) in [4.78, 5) is 0. The van der Waals surface area contributed by atoms with E-state index in [-0.39, 0.29) is 17.6 Å². The third-order valence-electron chi connectivity index (χ3n) is 3.12. The fourth-order valence-corrected chi connectivity index (χ4v) is 2.77. The molecule has 0 amide bonds. The number of hydrogen-bond donors (Lipinski definition) is 2. The molecule has 0 aliphatic heterocycles. The van der Waals surface area contributed by atoms with Gasteiger partial charge in [0.25, 0.3) is 0 Å². The zero-order valence-corrected chi connectivity index (χ0v) is 13.8. The van der Waals surface area contributed by atoms with Gasteiger partial charge in [-0.2, -0.15) is 0 Å². The van der Waals surface area contributed by atoms with Gasteiger partial charge in [0.15, 0.2) is 0 Å². The highest BCUT2D eigenvalue weighted by atomic mass is 79.9. The molecule has 19 heavy (non-hydrogen) atoms. The molecule has 0 fully saturated rings. The summed E-state index contributed by atoms with van der Waals surface area (Å²) < 4.78 is 7.00. The quantitative estimate of drug-likeness (QED) is 0.622. The third kappa shape index (κ3) is 5.22. The third-order valence-corrected chi connectivity index (χ3v) is 3.62. The van der Waals surface area contributed by atoms with Gasteiger partial charge >= 0.3 is 0 Å². The minimum Gasteiger partial charge on any atom is -0.376 e. The molecule has 108 valence electrons. The van der Waals surface area contributed by atoms with Gasteiger partial charge in [-0.25, -0.2) is 0 Å². The lowest BCUT2D eigenvalue weighted by molar-refractivity contribution is -0.0356. The van der Waals surface area contributed by atoms with E-state index in [1.165, 1.54) is 5.56 Å². The van der Waals surface area contributed by atoms with Gasteiger partial charge in [-0.15, -0.1) is 0 Å². The Bertz CT molecular complexity index is 390. The molecule has 2 atom stereocenters. The maximum atomic E-state index is 5.91. The number of benzene rings is 1. The monoisotopic (exact) mass is 328 g/mol. The SMILES string of the molecule is CCOC(C(Cc1cccc(Br)c1)NN)C(C)(C)C. The fraction of sp³-hybridized carbons (Fsp3) is 0.600. The smallest absolute Gasteiger partial charge is 0.0792 e. The van der Waals surface area contributed by atoms with Gasteiger partial charge in [-0.1, -0.05) is 48.8 Å². The van der Waals surface area contributed by atoms with E-state index in [9.17, 15) is 0 Å². The molecule has 1 aromatic carbocycles. The molecule has 0 saturated carbocycles. The van der Waals surface area contributed by atoms with Crippen molar-refractivity contribution in [3.8, 4) is 0 Å². The van der Waals surface area contributed by atoms with Crippen LogP contribution in [-0.4, -0.2) is 18.8 Å². The second-order valence-electron chi connectivity index (χ2n) is 5.85. The van der Waals surface area contributed by atoms with Gasteiger partial charge in [0.05, 0.1) is 12.1 Å². The van der Waals surface area contributed by atoms with Crippen molar-refractivity contribution in [3.05, 3.63) is 34.3 Å². The van der Waals surface area contributed by atoms with Crippen molar-refractivity contribution < 1.29 is 4.74 Å². The van der Waals surface area contributed by atoms with Crippen LogP contribution in [0.15, 0.2) is 28.7 Å². The zero-order valence-electron chi connectivity index (χ0n) is 12.2. The van der Waals surface area contributed by atoms with Crippen LogP contribution in [0.25, 0.3) is 0 Å². The molecule has 1 rings (SSSR count). The maximum Gasteiger partial charge on any atom is 0.0792 e. The second-order valence-corrected chi connectivity index (χ2v) is 6.76. The standard InChI is InChI=1S/C15H25BrN2O/c1-5-19-14(15(2,3)4)13(18-17)10-11-7-6-8-12(16)9-11/h6-9,13-14,18H,5,10,17H2,1-4H3. The highest BCUT2D eigenvalue weighted by Gasteiger charge is 2.32. The highest BCUT2D eigenvalue weighted by molar-refractivity contribution is 9.10. The van der Waals surface area contributed by atoms with Crippen molar-refractivity contribution in [1.82, 2.24) is 5.43 Å². The van der Waals surface area contributed by atoms with E-state index in [1.54, 1.807) is 0 Å². The molecule has 1 aromatic rings. The minimum atomic E-state index is 0.0407. The summed E-state index contributed by atoms with van der Waals surface area (Å²) in [6.45, 7) is 9.25. The first kappa shape index (κ1) is 16.6. The van der Waals surface area contributed by atoms with E-state index in [0.29, 0.717) is 6.61 Å². The molecule has 0 aliphatic carbocycles. The van der Waals surface area contributed by atoms with Crippen molar-refractivity contribution >= 4 is 15.9 Å². The van der Waals surface area contributed by atoms with Crippen LogP contribution in [0.3, 0.4) is 0 Å². The summed E-state index contributed by atoms with van der Waals surface area (Å²) in [5, 5.41) is 0. The van der Waals surface area contributed by atoms with E-state index in [2.05, 4.69) is 54.3 Å². The van der Waals surface area contributed by atoms with Crippen LogP contribution in [0.1, 0.15) is 33.3 Å². The first-order valence-electron chi connectivity index (χ1n) is 6.70. The average molecular weight is 329 g/mol. The Balaban J connectivity index is 2.86. The molecule has 0 radical (unpaired) electrons. The summed E-state index contributed by atoms with van der Waals surface area (Å²) in [5.74, 6) is 5.74.